The molecule has 0 aliphatic rings. The van der Waals surface area contributed by atoms with Gasteiger partial charge in [0.1, 0.15) is 5.75 Å². The average molecular weight is 439 g/mol. The zero-order valence-electron chi connectivity index (χ0n) is 14.2. The van der Waals surface area contributed by atoms with Crippen molar-refractivity contribution in [3.05, 3.63) is 59.6 Å². The third-order valence-corrected chi connectivity index (χ3v) is 5.33. The number of amides is 1. The van der Waals surface area contributed by atoms with Crippen LogP contribution in [0.3, 0.4) is 0 Å². The highest BCUT2D eigenvalue weighted by Crippen LogP contribution is 2.29. The second kappa shape index (κ2) is 8.86. The lowest BCUT2D eigenvalue weighted by Crippen LogP contribution is -2.15. The fraction of sp³-hybridized carbons (Fsp3) is 0.167. The molecule has 0 aliphatic carbocycles. The number of nitrogens with one attached hydrogen (secondary N) is 2. The van der Waals surface area contributed by atoms with Gasteiger partial charge >= 0.3 is 0 Å². The zero-order valence-corrected chi connectivity index (χ0v) is 16.6. The minimum absolute atomic E-state index is 0.0141. The zero-order chi connectivity index (χ0) is 19.2. The molecule has 26 heavy (non-hydrogen) atoms. The van der Waals surface area contributed by atoms with E-state index in [-0.39, 0.29) is 17.2 Å². The highest BCUT2D eigenvalue weighted by atomic mass is 79.9. The minimum atomic E-state index is -3.81. The third-order valence-electron chi connectivity index (χ3n) is 3.43. The molecular formula is C18H19BrN2O4S. The van der Waals surface area contributed by atoms with E-state index in [4.69, 9.17) is 4.74 Å². The Morgan fingerprint density at radius 1 is 1.23 bits per heavy atom. The van der Waals surface area contributed by atoms with E-state index in [2.05, 4.69) is 32.5 Å². The number of carbonyl (C=O) groups excluding carboxylic acids is 1. The highest BCUT2D eigenvalue weighted by molar-refractivity contribution is 9.10. The molecule has 0 unspecified atom stereocenters. The number of allylic oxidation sites excluding steroid dienone is 1. The molecule has 2 aromatic rings. The van der Waals surface area contributed by atoms with E-state index < -0.39 is 10.0 Å². The van der Waals surface area contributed by atoms with E-state index in [0.717, 1.165) is 4.47 Å². The molecule has 0 aliphatic heterocycles. The van der Waals surface area contributed by atoms with Gasteiger partial charge in [-0.2, -0.15) is 0 Å². The van der Waals surface area contributed by atoms with Gasteiger partial charge in [-0.3, -0.25) is 9.52 Å². The third kappa shape index (κ3) is 5.34. The number of carbonyl (C=O) groups is 1. The maximum absolute atomic E-state index is 12.6. The van der Waals surface area contributed by atoms with Crippen LogP contribution in [-0.4, -0.2) is 21.4 Å². The normalized spacial score (nSPS) is 10.8. The Labute approximate surface area is 161 Å². The Hall–Kier alpha value is -2.32. The number of rotatable bonds is 8. The van der Waals surface area contributed by atoms with Gasteiger partial charge in [0.15, 0.2) is 0 Å². The minimum Gasteiger partial charge on any atom is -0.495 e. The van der Waals surface area contributed by atoms with Crippen molar-refractivity contribution >= 4 is 43.2 Å². The van der Waals surface area contributed by atoms with Crippen LogP contribution >= 0.6 is 15.9 Å². The van der Waals surface area contributed by atoms with E-state index in [1.165, 1.54) is 25.3 Å². The molecule has 0 aromatic heterocycles. The number of anilines is 2. The quantitative estimate of drug-likeness (QED) is 0.605. The van der Waals surface area contributed by atoms with Crippen LogP contribution in [-0.2, 0) is 14.8 Å². The van der Waals surface area contributed by atoms with Crippen LogP contribution in [0.15, 0.2) is 64.5 Å². The SMILES string of the molecule is C=CCCC(=O)Nc1cc(S(=O)(=O)Nc2ccc(Br)cc2)ccc1OC. The highest BCUT2D eigenvalue weighted by Gasteiger charge is 2.18. The maximum atomic E-state index is 12.6. The van der Waals surface area contributed by atoms with Crippen molar-refractivity contribution in [3.63, 3.8) is 0 Å². The number of hydrogen-bond donors (Lipinski definition) is 2. The van der Waals surface area contributed by atoms with Crippen LogP contribution in [0.25, 0.3) is 0 Å². The van der Waals surface area contributed by atoms with Crippen LogP contribution in [0.5, 0.6) is 5.75 Å². The molecule has 0 radical (unpaired) electrons. The summed E-state index contributed by atoms with van der Waals surface area (Å²) in [5, 5.41) is 2.67. The summed E-state index contributed by atoms with van der Waals surface area (Å²) in [5.41, 5.74) is 0.723. The molecule has 2 aromatic carbocycles. The molecule has 0 fully saturated rings. The van der Waals surface area contributed by atoms with E-state index in [0.29, 0.717) is 23.5 Å². The van der Waals surface area contributed by atoms with Gasteiger partial charge < -0.3 is 10.1 Å². The molecule has 6 nitrogen and oxygen atoms in total. The Kier molecular flexibility index (Phi) is 6.82. The van der Waals surface area contributed by atoms with Crippen molar-refractivity contribution in [1.82, 2.24) is 0 Å². The lowest BCUT2D eigenvalue weighted by atomic mass is 10.2. The summed E-state index contributed by atoms with van der Waals surface area (Å²) in [4.78, 5) is 12.0. The van der Waals surface area contributed by atoms with Crippen molar-refractivity contribution in [2.45, 2.75) is 17.7 Å². The fourth-order valence-corrected chi connectivity index (χ4v) is 3.48. The van der Waals surface area contributed by atoms with Gasteiger partial charge in [0.05, 0.1) is 17.7 Å². The lowest BCUT2D eigenvalue weighted by molar-refractivity contribution is -0.116. The Balaban J connectivity index is 2.27. The first-order valence-electron chi connectivity index (χ1n) is 7.73. The van der Waals surface area contributed by atoms with Crippen LogP contribution in [0.4, 0.5) is 11.4 Å². The molecule has 0 spiro atoms. The van der Waals surface area contributed by atoms with Gasteiger partial charge in [0.25, 0.3) is 10.0 Å². The van der Waals surface area contributed by atoms with E-state index in [1.807, 2.05) is 0 Å². The topological polar surface area (TPSA) is 84.5 Å². The van der Waals surface area contributed by atoms with Crippen LogP contribution in [0.2, 0.25) is 0 Å². The average Bonchev–Trinajstić information content (AvgIpc) is 2.61. The predicted molar refractivity (Wildman–Crippen MR) is 106 cm³/mol. The summed E-state index contributed by atoms with van der Waals surface area (Å²) in [6, 6.07) is 11.0. The molecule has 2 N–H and O–H groups in total. The summed E-state index contributed by atoms with van der Waals surface area (Å²) in [7, 11) is -2.37. The molecule has 0 heterocycles. The van der Waals surface area contributed by atoms with Gasteiger partial charge in [-0.15, -0.1) is 6.58 Å². The number of methoxy groups -OCH3 is 1. The molecule has 0 atom stereocenters. The first-order valence-corrected chi connectivity index (χ1v) is 10.0. The Morgan fingerprint density at radius 3 is 2.54 bits per heavy atom. The van der Waals surface area contributed by atoms with Gasteiger partial charge in [-0.05, 0) is 48.9 Å². The van der Waals surface area contributed by atoms with Crippen molar-refractivity contribution in [3.8, 4) is 5.75 Å². The van der Waals surface area contributed by atoms with Gasteiger partial charge in [0.2, 0.25) is 5.91 Å². The Bertz CT molecular complexity index is 896. The smallest absolute Gasteiger partial charge is 0.261 e. The van der Waals surface area contributed by atoms with Crippen LogP contribution < -0.4 is 14.8 Å². The number of sulfonamides is 1. The Morgan fingerprint density at radius 2 is 1.92 bits per heavy atom. The second-order valence-corrected chi connectivity index (χ2v) is 7.95. The van der Waals surface area contributed by atoms with Gasteiger partial charge in [-0.1, -0.05) is 22.0 Å². The fourth-order valence-electron chi connectivity index (χ4n) is 2.13. The van der Waals surface area contributed by atoms with Crippen LogP contribution in [0, 0.1) is 0 Å². The summed E-state index contributed by atoms with van der Waals surface area (Å²) in [6.45, 7) is 3.57. The number of halogens is 1. The molecule has 8 heteroatoms. The standard InChI is InChI=1S/C18H19BrN2O4S/c1-3-4-5-18(22)20-16-12-15(10-11-17(16)25-2)26(23,24)21-14-8-6-13(19)7-9-14/h3,6-12,21H,1,4-5H2,2H3,(H,20,22). The monoisotopic (exact) mass is 438 g/mol. The molecule has 2 rings (SSSR count). The molecule has 0 saturated heterocycles. The summed E-state index contributed by atoms with van der Waals surface area (Å²) in [5.74, 6) is 0.123. The molecular weight excluding hydrogens is 420 g/mol. The maximum Gasteiger partial charge on any atom is 0.261 e. The first kappa shape index (κ1) is 20.0. The largest absolute Gasteiger partial charge is 0.495 e. The van der Waals surface area contributed by atoms with E-state index in [9.17, 15) is 13.2 Å². The number of benzene rings is 2. The summed E-state index contributed by atoms with van der Waals surface area (Å²) >= 11 is 3.30. The summed E-state index contributed by atoms with van der Waals surface area (Å²) in [6.07, 6.45) is 2.41. The van der Waals surface area contributed by atoms with E-state index in [1.54, 1.807) is 30.3 Å². The number of ether oxygens (including phenoxy) is 1. The second-order valence-electron chi connectivity index (χ2n) is 5.35. The van der Waals surface area contributed by atoms with Gasteiger partial charge in [-0.25, -0.2) is 8.42 Å². The molecule has 0 bridgehead atoms. The van der Waals surface area contributed by atoms with Gasteiger partial charge in [0, 0.05) is 16.6 Å². The van der Waals surface area contributed by atoms with E-state index >= 15 is 0 Å². The summed E-state index contributed by atoms with van der Waals surface area (Å²) < 4.78 is 33.7. The molecule has 138 valence electrons. The van der Waals surface area contributed by atoms with Crippen molar-refractivity contribution in [1.29, 1.82) is 0 Å². The van der Waals surface area contributed by atoms with Crippen molar-refractivity contribution < 1.29 is 17.9 Å². The van der Waals surface area contributed by atoms with Crippen LogP contribution in [0.1, 0.15) is 12.8 Å². The first-order chi connectivity index (χ1) is 12.4. The van der Waals surface area contributed by atoms with Crippen molar-refractivity contribution in [2.24, 2.45) is 0 Å². The molecule has 1 amide bonds. The predicted octanol–water partition coefficient (Wildman–Crippen LogP) is 4.16. The van der Waals surface area contributed by atoms with Crippen molar-refractivity contribution in [2.75, 3.05) is 17.1 Å². The molecule has 0 saturated carbocycles. The lowest BCUT2D eigenvalue weighted by Gasteiger charge is -2.13. The number of hydrogen-bond acceptors (Lipinski definition) is 4.